The van der Waals surface area contributed by atoms with Crippen LogP contribution in [0.5, 0.6) is 0 Å². The van der Waals surface area contributed by atoms with Crippen molar-refractivity contribution in [2.45, 2.75) is 0 Å². The first-order valence-corrected chi connectivity index (χ1v) is 8.07. The Morgan fingerprint density at radius 3 is 1.92 bits per heavy atom. The summed E-state index contributed by atoms with van der Waals surface area (Å²) in [6.07, 6.45) is 1.91. The number of aromatic nitrogens is 2. The van der Waals surface area contributed by atoms with Crippen LogP contribution in [0.2, 0.25) is 0 Å². The van der Waals surface area contributed by atoms with E-state index in [1.807, 2.05) is 102 Å². The van der Waals surface area contributed by atoms with Gasteiger partial charge in [0.2, 0.25) is 0 Å². The molecule has 0 radical (unpaired) electrons. The molecular weight excluding hydrogens is 308 g/mol. The molecule has 0 atom stereocenters. The molecule has 0 spiro atoms. The monoisotopic (exact) mass is 324 g/mol. The van der Waals surface area contributed by atoms with Crippen LogP contribution in [-0.2, 0) is 0 Å². The first kappa shape index (κ1) is 15.0. The van der Waals surface area contributed by atoms with E-state index >= 15 is 0 Å². The van der Waals surface area contributed by atoms with Crippen molar-refractivity contribution in [3.05, 3.63) is 97.2 Å². The molecule has 25 heavy (non-hydrogen) atoms. The molecule has 0 N–H and O–H groups in total. The molecule has 4 heteroatoms. The summed E-state index contributed by atoms with van der Waals surface area (Å²) in [6, 6.07) is 29.7. The molecule has 1 heterocycles. The van der Waals surface area contributed by atoms with E-state index in [0.29, 0.717) is 0 Å². The lowest BCUT2D eigenvalue weighted by Gasteiger charge is -1.99. The van der Waals surface area contributed by atoms with Crippen LogP contribution in [0.25, 0.3) is 16.9 Å². The molecule has 0 aliphatic heterocycles. The SMILES string of the molecule is c1ccc(N=Nc2cn(-c3ccccc3)nc2-c2ccccc2)cc1. The Hall–Kier alpha value is -3.53. The summed E-state index contributed by atoms with van der Waals surface area (Å²) >= 11 is 0. The van der Waals surface area contributed by atoms with Crippen LogP contribution >= 0.6 is 0 Å². The van der Waals surface area contributed by atoms with Crippen molar-refractivity contribution in [3.63, 3.8) is 0 Å². The lowest BCUT2D eigenvalue weighted by molar-refractivity contribution is 0.884. The van der Waals surface area contributed by atoms with Gasteiger partial charge in [0.15, 0.2) is 0 Å². The van der Waals surface area contributed by atoms with Gasteiger partial charge in [0.25, 0.3) is 0 Å². The van der Waals surface area contributed by atoms with E-state index in [0.717, 1.165) is 28.3 Å². The predicted molar refractivity (Wildman–Crippen MR) is 99.6 cm³/mol. The average molecular weight is 324 g/mol. The number of hydrogen-bond donors (Lipinski definition) is 0. The van der Waals surface area contributed by atoms with E-state index in [9.17, 15) is 0 Å². The predicted octanol–water partition coefficient (Wildman–Crippen LogP) is 5.95. The average Bonchev–Trinajstić information content (AvgIpc) is 3.13. The van der Waals surface area contributed by atoms with Crippen molar-refractivity contribution in [2.75, 3.05) is 0 Å². The third-order valence-electron chi connectivity index (χ3n) is 3.79. The molecular formula is C21H16N4. The van der Waals surface area contributed by atoms with Crippen molar-refractivity contribution in [2.24, 2.45) is 10.2 Å². The summed E-state index contributed by atoms with van der Waals surface area (Å²) in [5.74, 6) is 0. The van der Waals surface area contributed by atoms with Gasteiger partial charge in [0.05, 0.1) is 17.6 Å². The lowest BCUT2D eigenvalue weighted by Crippen LogP contribution is -1.93. The van der Waals surface area contributed by atoms with Crippen LogP contribution in [0.4, 0.5) is 11.4 Å². The summed E-state index contributed by atoms with van der Waals surface area (Å²) in [5, 5.41) is 13.5. The van der Waals surface area contributed by atoms with E-state index in [1.165, 1.54) is 0 Å². The first-order valence-electron chi connectivity index (χ1n) is 8.07. The van der Waals surface area contributed by atoms with E-state index in [2.05, 4.69) is 10.2 Å². The van der Waals surface area contributed by atoms with Crippen molar-refractivity contribution in [1.82, 2.24) is 9.78 Å². The van der Waals surface area contributed by atoms with Gasteiger partial charge in [-0.2, -0.15) is 10.2 Å². The summed E-state index contributed by atoms with van der Waals surface area (Å²) in [6.45, 7) is 0. The smallest absolute Gasteiger partial charge is 0.132 e. The van der Waals surface area contributed by atoms with Gasteiger partial charge in [0, 0.05) is 5.56 Å². The number of nitrogens with zero attached hydrogens (tertiary/aromatic N) is 4. The molecule has 4 aromatic rings. The fourth-order valence-electron chi connectivity index (χ4n) is 2.56. The zero-order chi connectivity index (χ0) is 16.9. The van der Waals surface area contributed by atoms with Crippen molar-refractivity contribution in [1.29, 1.82) is 0 Å². The standard InChI is InChI=1S/C21H16N4/c1-4-10-17(11-5-1)21-20(23-22-18-12-6-2-7-13-18)16-25(24-21)19-14-8-3-9-15-19/h1-16H. The van der Waals surface area contributed by atoms with Gasteiger partial charge in [-0.15, -0.1) is 5.11 Å². The topological polar surface area (TPSA) is 42.5 Å². The lowest BCUT2D eigenvalue weighted by atomic mass is 10.1. The van der Waals surface area contributed by atoms with E-state index < -0.39 is 0 Å². The minimum absolute atomic E-state index is 0.735. The highest BCUT2D eigenvalue weighted by molar-refractivity contribution is 5.71. The molecule has 0 saturated carbocycles. The van der Waals surface area contributed by atoms with Crippen LogP contribution < -0.4 is 0 Å². The van der Waals surface area contributed by atoms with Gasteiger partial charge in [-0.05, 0) is 24.3 Å². The Balaban J connectivity index is 1.78. The molecule has 0 unspecified atom stereocenters. The van der Waals surface area contributed by atoms with E-state index in [1.54, 1.807) is 0 Å². The molecule has 4 rings (SSSR count). The third-order valence-corrected chi connectivity index (χ3v) is 3.79. The van der Waals surface area contributed by atoms with Gasteiger partial charge in [-0.3, -0.25) is 0 Å². The minimum atomic E-state index is 0.735. The number of azo groups is 1. The van der Waals surface area contributed by atoms with Gasteiger partial charge in [-0.25, -0.2) is 4.68 Å². The second kappa shape index (κ2) is 6.93. The molecule has 3 aromatic carbocycles. The summed E-state index contributed by atoms with van der Waals surface area (Å²) in [5.41, 5.74) is 4.36. The van der Waals surface area contributed by atoms with Gasteiger partial charge < -0.3 is 0 Å². The quantitative estimate of drug-likeness (QED) is 0.427. The van der Waals surface area contributed by atoms with Crippen LogP contribution in [0.1, 0.15) is 0 Å². The number of rotatable bonds is 4. The molecule has 4 nitrogen and oxygen atoms in total. The number of benzene rings is 3. The fourth-order valence-corrected chi connectivity index (χ4v) is 2.56. The maximum absolute atomic E-state index is 4.73. The number of hydrogen-bond acceptors (Lipinski definition) is 3. The zero-order valence-corrected chi connectivity index (χ0v) is 13.5. The van der Waals surface area contributed by atoms with Crippen molar-refractivity contribution in [3.8, 4) is 16.9 Å². The largest absolute Gasteiger partial charge is 0.238 e. The molecule has 1 aromatic heterocycles. The summed E-state index contributed by atoms with van der Waals surface area (Å²) < 4.78 is 1.84. The van der Waals surface area contributed by atoms with Crippen LogP contribution in [-0.4, -0.2) is 9.78 Å². The molecule has 0 bridgehead atoms. The maximum atomic E-state index is 4.73. The van der Waals surface area contributed by atoms with Crippen LogP contribution in [0, 0.1) is 0 Å². The maximum Gasteiger partial charge on any atom is 0.132 e. The first-order chi connectivity index (χ1) is 12.4. The fraction of sp³-hybridized carbons (Fsp3) is 0. The van der Waals surface area contributed by atoms with E-state index in [-0.39, 0.29) is 0 Å². The summed E-state index contributed by atoms with van der Waals surface area (Å²) in [7, 11) is 0. The molecule has 120 valence electrons. The van der Waals surface area contributed by atoms with Gasteiger partial charge >= 0.3 is 0 Å². The number of para-hydroxylation sites is 1. The minimum Gasteiger partial charge on any atom is -0.238 e. The highest BCUT2D eigenvalue weighted by Crippen LogP contribution is 2.31. The van der Waals surface area contributed by atoms with Crippen molar-refractivity contribution < 1.29 is 0 Å². The Morgan fingerprint density at radius 2 is 1.24 bits per heavy atom. The molecule has 0 amide bonds. The van der Waals surface area contributed by atoms with Gasteiger partial charge in [0.1, 0.15) is 11.4 Å². The Bertz CT molecular complexity index is 974. The Morgan fingerprint density at radius 1 is 0.640 bits per heavy atom. The van der Waals surface area contributed by atoms with E-state index in [4.69, 9.17) is 5.10 Å². The molecule has 0 aliphatic carbocycles. The summed E-state index contributed by atoms with van der Waals surface area (Å²) in [4.78, 5) is 0. The highest BCUT2D eigenvalue weighted by Gasteiger charge is 2.12. The Kier molecular flexibility index (Phi) is 4.16. The van der Waals surface area contributed by atoms with Crippen molar-refractivity contribution >= 4 is 11.4 Å². The molecule has 0 fully saturated rings. The second-order valence-electron chi connectivity index (χ2n) is 5.54. The van der Waals surface area contributed by atoms with Crippen LogP contribution in [0.3, 0.4) is 0 Å². The second-order valence-corrected chi connectivity index (χ2v) is 5.54. The van der Waals surface area contributed by atoms with Gasteiger partial charge in [-0.1, -0.05) is 66.7 Å². The molecule has 0 saturated heterocycles. The zero-order valence-electron chi connectivity index (χ0n) is 13.5. The van der Waals surface area contributed by atoms with Crippen LogP contribution in [0.15, 0.2) is 107 Å². The third kappa shape index (κ3) is 3.38. The molecule has 0 aliphatic rings. The Labute approximate surface area is 146 Å². The normalized spacial score (nSPS) is 11.0. The highest BCUT2D eigenvalue weighted by atomic mass is 15.3.